The van der Waals surface area contributed by atoms with Gasteiger partial charge in [-0.15, -0.1) is 0 Å². The molecule has 0 N–H and O–H groups in total. The van der Waals surface area contributed by atoms with Crippen molar-refractivity contribution < 1.29 is 4.79 Å². The summed E-state index contributed by atoms with van der Waals surface area (Å²) in [5, 5.41) is 1.12. The molecule has 0 spiro atoms. The number of rotatable bonds is 5. The van der Waals surface area contributed by atoms with E-state index in [1.165, 1.54) is 5.56 Å². The Morgan fingerprint density at radius 3 is 1.82 bits per heavy atom. The molecular weight excluding hydrogens is 492 g/mol. The van der Waals surface area contributed by atoms with Crippen molar-refractivity contribution in [2.45, 2.75) is 32.4 Å². The minimum atomic E-state index is -0.690. The fraction of sp³-hybridized carbons (Fsp3) is 0.143. The SMILES string of the molecule is Cc1cccc2c1cc1n2C(=O)N(c2ncn(C(c3ccccc3)(c3ccccc3)c3ccccc3)c2C)C1C. The molecule has 1 amide bonds. The second kappa shape index (κ2) is 9.09. The highest BCUT2D eigenvalue weighted by atomic mass is 16.2. The summed E-state index contributed by atoms with van der Waals surface area (Å²) in [5.41, 5.74) is 6.69. The number of fused-ring (bicyclic) bond motifs is 3. The van der Waals surface area contributed by atoms with Crippen LogP contribution in [0.4, 0.5) is 10.6 Å². The Morgan fingerprint density at radius 2 is 1.27 bits per heavy atom. The molecule has 5 nitrogen and oxygen atoms in total. The molecule has 4 aromatic carbocycles. The van der Waals surface area contributed by atoms with E-state index in [0.717, 1.165) is 39.0 Å². The molecule has 1 aliphatic heterocycles. The molecule has 1 unspecified atom stereocenters. The standard InChI is InChI=1S/C35H30N4O/c1-24-14-13-21-31-30(24)22-32-25(2)38(34(40)39(31)32)33-26(3)37(23-36-33)35(27-15-7-4-8-16-27,28-17-9-5-10-18-28)29-19-11-6-12-20-29/h4-23,25H,1-3H3. The number of hydrogen-bond donors (Lipinski definition) is 0. The van der Waals surface area contributed by atoms with Crippen molar-refractivity contribution >= 4 is 22.8 Å². The fourth-order valence-corrected chi connectivity index (χ4v) is 6.53. The number of imidazole rings is 1. The van der Waals surface area contributed by atoms with E-state index < -0.39 is 5.54 Å². The maximum Gasteiger partial charge on any atom is 0.335 e. The predicted molar refractivity (Wildman–Crippen MR) is 160 cm³/mol. The van der Waals surface area contributed by atoms with Crippen molar-refractivity contribution in [1.82, 2.24) is 14.1 Å². The molecule has 40 heavy (non-hydrogen) atoms. The zero-order valence-electron chi connectivity index (χ0n) is 22.8. The molecule has 0 saturated carbocycles. The van der Waals surface area contributed by atoms with Gasteiger partial charge in [0.15, 0.2) is 5.82 Å². The summed E-state index contributed by atoms with van der Waals surface area (Å²) in [7, 11) is 0. The molecule has 1 aliphatic rings. The van der Waals surface area contributed by atoms with Gasteiger partial charge in [0.25, 0.3) is 0 Å². The minimum absolute atomic E-state index is 0.0683. The predicted octanol–water partition coefficient (Wildman–Crippen LogP) is 7.84. The maximum absolute atomic E-state index is 14.1. The Balaban J connectivity index is 1.45. The van der Waals surface area contributed by atoms with E-state index in [2.05, 4.69) is 110 Å². The first-order valence-corrected chi connectivity index (χ1v) is 13.7. The summed E-state index contributed by atoms with van der Waals surface area (Å²) in [5.74, 6) is 0.675. The van der Waals surface area contributed by atoms with Crippen molar-refractivity contribution in [2.24, 2.45) is 0 Å². The van der Waals surface area contributed by atoms with Crippen LogP contribution >= 0.6 is 0 Å². The first-order valence-electron chi connectivity index (χ1n) is 13.7. The van der Waals surface area contributed by atoms with Crippen molar-refractivity contribution in [3.8, 4) is 0 Å². The summed E-state index contributed by atoms with van der Waals surface area (Å²) >= 11 is 0. The molecular formula is C35H30N4O. The lowest BCUT2D eigenvalue weighted by molar-refractivity contribution is 0.250. The number of hydrogen-bond acceptors (Lipinski definition) is 2. The highest BCUT2D eigenvalue weighted by Gasteiger charge is 2.43. The van der Waals surface area contributed by atoms with Crippen molar-refractivity contribution in [3.63, 3.8) is 0 Å². The van der Waals surface area contributed by atoms with Gasteiger partial charge in [-0.1, -0.05) is 103 Å². The molecule has 196 valence electrons. The van der Waals surface area contributed by atoms with Gasteiger partial charge in [0.2, 0.25) is 0 Å². The number of carbonyl (C=O) groups excluding carboxylic acids is 1. The Morgan fingerprint density at radius 1 is 0.725 bits per heavy atom. The molecule has 5 heteroatoms. The average molecular weight is 523 g/mol. The molecule has 0 fully saturated rings. The normalized spacial score (nSPS) is 15.1. The minimum Gasteiger partial charge on any atom is -0.314 e. The van der Waals surface area contributed by atoms with E-state index in [0.29, 0.717) is 5.82 Å². The molecule has 3 heterocycles. The van der Waals surface area contributed by atoms with Crippen LogP contribution in [0.5, 0.6) is 0 Å². The Kier molecular flexibility index (Phi) is 5.49. The highest BCUT2D eigenvalue weighted by Crippen LogP contribution is 2.45. The Hall–Kier alpha value is -4.90. The first-order chi connectivity index (χ1) is 19.5. The molecule has 0 aliphatic carbocycles. The van der Waals surface area contributed by atoms with Crippen LogP contribution in [0, 0.1) is 13.8 Å². The Labute approximate surface area is 234 Å². The zero-order valence-corrected chi connectivity index (χ0v) is 22.8. The molecule has 0 saturated heterocycles. The zero-order chi connectivity index (χ0) is 27.4. The molecule has 2 aromatic heterocycles. The number of amides is 1. The van der Waals surface area contributed by atoms with Gasteiger partial charge < -0.3 is 4.57 Å². The van der Waals surface area contributed by atoms with E-state index in [-0.39, 0.29) is 12.1 Å². The first kappa shape index (κ1) is 24.2. The molecule has 7 rings (SSSR count). The molecule has 6 aromatic rings. The monoisotopic (exact) mass is 522 g/mol. The van der Waals surface area contributed by atoms with Gasteiger partial charge in [0.05, 0.1) is 29.3 Å². The van der Waals surface area contributed by atoms with Crippen LogP contribution in [-0.2, 0) is 5.54 Å². The smallest absolute Gasteiger partial charge is 0.314 e. The van der Waals surface area contributed by atoms with E-state index in [4.69, 9.17) is 4.98 Å². The second-order valence-electron chi connectivity index (χ2n) is 10.6. The van der Waals surface area contributed by atoms with Crippen LogP contribution in [0.2, 0.25) is 0 Å². The van der Waals surface area contributed by atoms with E-state index in [9.17, 15) is 4.79 Å². The van der Waals surface area contributed by atoms with Crippen LogP contribution in [0.3, 0.4) is 0 Å². The number of nitrogens with zero attached hydrogens (tertiary/aromatic N) is 4. The summed E-state index contributed by atoms with van der Waals surface area (Å²) in [6.07, 6.45) is 1.90. The van der Waals surface area contributed by atoms with Crippen molar-refractivity contribution in [3.05, 3.63) is 155 Å². The summed E-state index contributed by atoms with van der Waals surface area (Å²) < 4.78 is 4.09. The third-order valence-corrected chi connectivity index (χ3v) is 8.45. The van der Waals surface area contributed by atoms with Crippen LogP contribution in [0.1, 0.15) is 46.6 Å². The van der Waals surface area contributed by atoms with E-state index in [1.54, 1.807) is 0 Å². The van der Waals surface area contributed by atoms with Crippen LogP contribution in [0.15, 0.2) is 122 Å². The largest absolute Gasteiger partial charge is 0.335 e. The number of aryl methyl sites for hydroxylation is 1. The average Bonchev–Trinajstić information content (AvgIpc) is 3.64. The topological polar surface area (TPSA) is 43.1 Å². The highest BCUT2D eigenvalue weighted by molar-refractivity contribution is 6.05. The van der Waals surface area contributed by atoms with E-state index >= 15 is 0 Å². The Bertz CT molecular complexity index is 1760. The third-order valence-electron chi connectivity index (χ3n) is 8.45. The molecule has 1 atom stereocenters. The van der Waals surface area contributed by atoms with Crippen LogP contribution in [-0.4, -0.2) is 20.1 Å². The number of benzene rings is 4. The molecule has 0 bridgehead atoms. The van der Waals surface area contributed by atoms with Gasteiger partial charge >= 0.3 is 6.03 Å². The lowest BCUT2D eigenvalue weighted by Crippen LogP contribution is -2.38. The summed E-state index contributed by atoms with van der Waals surface area (Å²) in [4.78, 5) is 20.9. The quantitative estimate of drug-likeness (QED) is 0.216. The van der Waals surface area contributed by atoms with E-state index in [1.807, 2.05) is 46.1 Å². The van der Waals surface area contributed by atoms with Gasteiger partial charge in [-0.3, -0.25) is 9.47 Å². The maximum atomic E-state index is 14.1. The van der Waals surface area contributed by atoms with Gasteiger partial charge in [-0.05, 0) is 55.2 Å². The second-order valence-corrected chi connectivity index (χ2v) is 10.6. The number of aromatic nitrogens is 3. The lowest BCUT2D eigenvalue weighted by atomic mass is 9.76. The third kappa shape index (κ3) is 3.27. The van der Waals surface area contributed by atoms with Gasteiger partial charge in [-0.2, -0.15) is 0 Å². The van der Waals surface area contributed by atoms with Gasteiger partial charge in [0.1, 0.15) is 5.54 Å². The van der Waals surface area contributed by atoms with Crippen LogP contribution in [0.25, 0.3) is 10.9 Å². The molecule has 0 radical (unpaired) electrons. The summed E-state index contributed by atoms with van der Waals surface area (Å²) in [6, 6.07) is 39.7. The van der Waals surface area contributed by atoms with Gasteiger partial charge in [-0.25, -0.2) is 9.78 Å². The van der Waals surface area contributed by atoms with Crippen molar-refractivity contribution in [1.29, 1.82) is 0 Å². The van der Waals surface area contributed by atoms with Gasteiger partial charge in [0, 0.05) is 5.39 Å². The van der Waals surface area contributed by atoms with Crippen molar-refractivity contribution in [2.75, 3.05) is 4.90 Å². The number of carbonyl (C=O) groups is 1. The fourth-order valence-electron chi connectivity index (χ4n) is 6.53. The van der Waals surface area contributed by atoms with Crippen LogP contribution < -0.4 is 4.90 Å². The lowest BCUT2D eigenvalue weighted by Gasteiger charge is -2.38. The summed E-state index contributed by atoms with van der Waals surface area (Å²) in [6.45, 7) is 6.25. The number of anilines is 1.